The van der Waals surface area contributed by atoms with Gasteiger partial charge in [0, 0.05) is 23.1 Å². The van der Waals surface area contributed by atoms with Crippen LogP contribution in [0, 0.1) is 18.3 Å². The minimum absolute atomic E-state index is 0.256. The van der Waals surface area contributed by atoms with Gasteiger partial charge >= 0.3 is 0 Å². The molecule has 0 amide bonds. The van der Waals surface area contributed by atoms with Crippen molar-refractivity contribution in [3.05, 3.63) is 46.9 Å². The fourth-order valence-corrected chi connectivity index (χ4v) is 1.54. The first-order chi connectivity index (χ1) is 8.20. The molecule has 2 aromatic rings. The molecule has 84 valence electrons. The summed E-state index contributed by atoms with van der Waals surface area (Å²) in [5.41, 5.74) is 2.09. The fourth-order valence-electron chi connectivity index (χ4n) is 1.37. The first-order valence-electron chi connectivity index (χ1n) is 4.95. The summed E-state index contributed by atoms with van der Waals surface area (Å²) < 4.78 is 0. The van der Waals surface area contributed by atoms with Crippen LogP contribution in [0.5, 0.6) is 0 Å². The lowest BCUT2D eigenvalue weighted by Crippen LogP contribution is -1.99. The third-order valence-electron chi connectivity index (χ3n) is 2.26. The van der Waals surface area contributed by atoms with Crippen molar-refractivity contribution in [1.29, 1.82) is 5.26 Å². The summed E-state index contributed by atoms with van der Waals surface area (Å²) in [6.45, 7) is 1.95. The van der Waals surface area contributed by atoms with E-state index in [4.69, 9.17) is 16.9 Å². The molecule has 1 aromatic heterocycles. The minimum atomic E-state index is 0.256. The molecular weight excluding hydrogens is 236 g/mol. The molecule has 17 heavy (non-hydrogen) atoms. The molecule has 0 aliphatic carbocycles. The molecule has 0 fully saturated rings. The quantitative estimate of drug-likeness (QED) is 0.882. The van der Waals surface area contributed by atoms with Crippen molar-refractivity contribution < 1.29 is 0 Å². The normalized spacial score (nSPS) is 9.71. The Morgan fingerprint density at radius 3 is 2.82 bits per heavy atom. The number of halogens is 1. The Morgan fingerprint density at radius 2 is 2.06 bits per heavy atom. The molecule has 0 aliphatic rings. The highest BCUT2D eigenvalue weighted by atomic mass is 35.5. The van der Waals surface area contributed by atoms with Gasteiger partial charge in [-0.1, -0.05) is 17.7 Å². The summed E-state index contributed by atoms with van der Waals surface area (Å²) in [6.07, 6.45) is 3.01. The van der Waals surface area contributed by atoms with Crippen LogP contribution in [0.3, 0.4) is 0 Å². The number of hydrogen-bond acceptors (Lipinski definition) is 4. The average Bonchev–Trinajstić information content (AvgIpc) is 2.34. The van der Waals surface area contributed by atoms with Crippen LogP contribution in [0.25, 0.3) is 0 Å². The molecule has 1 aromatic carbocycles. The molecule has 0 bridgehead atoms. The third kappa shape index (κ3) is 2.52. The molecule has 0 saturated carbocycles. The highest BCUT2D eigenvalue weighted by molar-refractivity contribution is 6.30. The maximum Gasteiger partial charge on any atom is 0.183 e. The van der Waals surface area contributed by atoms with Crippen molar-refractivity contribution in [2.45, 2.75) is 6.92 Å². The van der Waals surface area contributed by atoms with Crippen LogP contribution < -0.4 is 5.32 Å². The zero-order valence-electron chi connectivity index (χ0n) is 9.11. The van der Waals surface area contributed by atoms with Gasteiger partial charge in [0.25, 0.3) is 0 Å². The van der Waals surface area contributed by atoms with Crippen molar-refractivity contribution in [3.8, 4) is 6.07 Å². The Kier molecular flexibility index (Phi) is 3.22. The van der Waals surface area contributed by atoms with Gasteiger partial charge in [-0.25, -0.2) is 9.97 Å². The van der Waals surface area contributed by atoms with Crippen molar-refractivity contribution in [2.24, 2.45) is 0 Å². The Balaban J connectivity index is 2.38. The molecule has 0 radical (unpaired) electrons. The van der Waals surface area contributed by atoms with E-state index in [1.807, 2.05) is 25.1 Å². The largest absolute Gasteiger partial charge is 0.338 e. The Labute approximate surface area is 104 Å². The summed E-state index contributed by atoms with van der Waals surface area (Å²) in [5.74, 6) is 0.431. The molecule has 0 spiro atoms. The van der Waals surface area contributed by atoms with E-state index >= 15 is 0 Å². The Hall–Kier alpha value is -2.12. The second-order valence-corrected chi connectivity index (χ2v) is 3.89. The number of aryl methyl sites for hydroxylation is 1. The van der Waals surface area contributed by atoms with Crippen LogP contribution in [-0.4, -0.2) is 9.97 Å². The van der Waals surface area contributed by atoms with Gasteiger partial charge in [0.2, 0.25) is 0 Å². The van der Waals surface area contributed by atoms with Gasteiger partial charge in [0.05, 0.1) is 0 Å². The summed E-state index contributed by atoms with van der Waals surface area (Å²) in [7, 11) is 0. The number of nitrogens with zero attached hydrogens (tertiary/aromatic N) is 3. The number of hydrogen-bond donors (Lipinski definition) is 1. The maximum atomic E-state index is 8.90. The van der Waals surface area contributed by atoms with E-state index in [2.05, 4.69) is 15.3 Å². The minimum Gasteiger partial charge on any atom is -0.338 e. The van der Waals surface area contributed by atoms with Crippen LogP contribution in [-0.2, 0) is 0 Å². The lowest BCUT2D eigenvalue weighted by molar-refractivity contribution is 1.16. The van der Waals surface area contributed by atoms with E-state index in [-0.39, 0.29) is 5.69 Å². The highest BCUT2D eigenvalue weighted by Crippen LogP contribution is 2.23. The zero-order valence-corrected chi connectivity index (χ0v) is 9.86. The second-order valence-electron chi connectivity index (χ2n) is 3.45. The van der Waals surface area contributed by atoms with Crippen LogP contribution in [0.15, 0.2) is 30.6 Å². The molecule has 0 unspecified atom stereocenters. The SMILES string of the molecule is Cc1ccc(Cl)cc1Nc1nccnc1C#N. The van der Waals surface area contributed by atoms with Gasteiger partial charge in [-0.15, -0.1) is 0 Å². The van der Waals surface area contributed by atoms with Crippen molar-refractivity contribution >= 4 is 23.1 Å². The van der Waals surface area contributed by atoms with E-state index < -0.39 is 0 Å². The van der Waals surface area contributed by atoms with Crippen molar-refractivity contribution in [2.75, 3.05) is 5.32 Å². The Morgan fingerprint density at radius 1 is 1.29 bits per heavy atom. The summed E-state index contributed by atoms with van der Waals surface area (Å²) in [4.78, 5) is 8.00. The monoisotopic (exact) mass is 244 g/mol. The molecule has 0 aliphatic heterocycles. The van der Waals surface area contributed by atoms with Crippen molar-refractivity contribution in [1.82, 2.24) is 9.97 Å². The number of nitriles is 1. The topological polar surface area (TPSA) is 61.6 Å². The van der Waals surface area contributed by atoms with Gasteiger partial charge in [-0.05, 0) is 24.6 Å². The summed E-state index contributed by atoms with van der Waals surface area (Å²) in [6, 6.07) is 7.47. The zero-order chi connectivity index (χ0) is 12.3. The van der Waals surface area contributed by atoms with Gasteiger partial charge in [-0.3, -0.25) is 0 Å². The van der Waals surface area contributed by atoms with Gasteiger partial charge in [0.15, 0.2) is 11.5 Å². The van der Waals surface area contributed by atoms with E-state index in [0.717, 1.165) is 11.3 Å². The molecule has 1 N–H and O–H groups in total. The number of aromatic nitrogens is 2. The van der Waals surface area contributed by atoms with Crippen LogP contribution in [0.4, 0.5) is 11.5 Å². The molecule has 0 atom stereocenters. The van der Waals surface area contributed by atoms with E-state index in [9.17, 15) is 0 Å². The average molecular weight is 245 g/mol. The predicted molar refractivity (Wildman–Crippen MR) is 66.2 cm³/mol. The lowest BCUT2D eigenvalue weighted by atomic mass is 10.2. The number of nitrogens with one attached hydrogen (secondary N) is 1. The van der Waals surface area contributed by atoms with E-state index in [1.165, 1.54) is 12.4 Å². The molecule has 1 heterocycles. The third-order valence-corrected chi connectivity index (χ3v) is 2.49. The maximum absolute atomic E-state index is 8.90. The molecule has 5 heteroatoms. The standard InChI is InChI=1S/C12H9ClN4/c1-8-2-3-9(13)6-10(8)17-12-11(7-14)15-4-5-16-12/h2-6H,1H3,(H,16,17). The van der Waals surface area contributed by atoms with Crippen molar-refractivity contribution in [3.63, 3.8) is 0 Å². The molecule has 0 saturated heterocycles. The van der Waals surface area contributed by atoms with Gasteiger partial charge in [-0.2, -0.15) is 5.26 Å². The van der Waals surface area contributed by atoms with E-state index in [1.54, 1.807) is 6.07 Å². The highest BCUT2D eigenvalue weighted by Gasteiger charge is 2.06. The molecular formula is C12H9ClN4. The first kappa shape index (κ1) is 11.4. The van der Waals surface area contributed by atoms with Crippen LogP contribution in [0.1, 0.15) is 11.3 Å². The molecule has 2 rings (SSSR count). The van der Waals surface area contributed by atoms with Gasteiger partial charge < -0.3 is 5.32 Å². The summed E-state index contributed by atoms with van der Waals surface area (Å²) in [5, 5.41) is 12.6. The van der Waals surface area contributed by atoms with Gasteiger partial charge in [0.1, 0.15) is 6.07 Å². The Bertz CT molecular complexity index is 589. The first-order valence-corrected chi connectivity index (χ1v) is 5.33. The summed E-state index contributed by atoms with van der Waals surface area (Å²) >= 11 is 5.92. The number of anilines is 2. The smallest absolute Gasteiger partial charge is 0.183 e. The predicted octanol–water partition coefficient (Wildman–Crippen LogP) is 3.05. The lowest BCUT2D eigenvalue weighted by Gasteiger charge is -2.09. The second kappa shape index (κ2) is 4.81. The van der Waals surface area contributed by atoms with Crippen LogP contribution in [0.2, 0.25) is 5.02 Å². The van der Waals surface area contributed by atoms with E-state index in [0.29, 0.717) is 10.8 Å². The number of benzene rings is 1. The molecule has 4 nitrogen and oxygen atoms in total. The van der Waals surface area contributed by atoms with Crippen LogP contribution >= 0.6 is 11.6 Å². The number of rotatable bonds is 2. The fraction of sp³-hybridized carbons (Fsp3) is 0.0833.